The molecule has 2 unspecified atom stereocenters. The molecule has 0 saturated carbocycles. The van der Waals surface area contributed by atoms with Crippen molar-refractivity contribution in [3.8, 4) is 5.75 Å². The van der Waals surface area contributed by atoms with Gasteiger partial charge >= 0.3 is 0 Å². The van der Waals surface area contributed by atoms with E-state index in [0.717, 1.165) is 33.3 Å². The zero-order valence-electron chi connectivity index (χ0n) is 11.1. The number of nitrogens with one attached hydrogen (secondary N) is 1. The van der Waals surface area contributed by atoms with Crippen LogP contribution in [0.15, 0.2) is 42.5 Å². The van der Waals surface area contributed by atoms with Crippen LogP contribution in [-0.2, 0) is 0 Å². The van der Waals surface area contributed by atoms with Crippen LogP contribution in [0.2, 0.25) is 10.0 Å². The summed E-state index contributed by atoms with van der Waals surface area (Å²) in [5.74, 6) is 0.866. The fraction of sp³-hybridized carbons (Fsp3) is 0.250. The third kappa shape index (κ3) is 2.51. The minimum atomic E-state index is -0.0465. The number of halogens is 2. The number of hydrogen-bond donors (Lipinski definition) is 1. The van der Waals surface area contributed by atoms with Gasteiger partial charge in [-0.05, 0) is 31.3 Å². The predicted molar refractivity (Wildman–Crippen MR) is 82.7 cm³/mol. The van der Waals surface area contributed by atoms with Gasteiger partial charge in [-0.15, -0.1) is 0 Å². The van der Waals surface area contributed by atoms with Gasteiger partial charge in [0.15, 0.2) is 0 Å². The molecule has 20 heavy (non-hydrogen) atoms. The van der Waals surface area contributed by atoms with E-state index in [0.29, 0.717) is 0 Å². The largest absolute Gasteiger partial charge is 0.485 e. The fourth-order valence-corrected chi connectivity index (χ4v) is 3.08. The molecule has 2 nitrogen and oxygen atoms in total. The van der Waals surface area contributed by atoms with Crippen LogP contribution in [0.4, 0.5) is 0 Å². The molecule has 1 N–H and O–H groups in total. The van der Waals surface area contributed by atoms with Crippen molar-refractivity contribution in [2.45, 2.75) is 18.6 Å². The van der Waals surface area contributed by atoms with Crippen LogP contribution < -0.4 is 10.1 Å². The van der Waals surface area contributed by atoms with Crippen LogP contribution in [0.3, 0.4) is 0 Å². The number of fused-ring (bicyclic) bond motifs is 1. The normalized spacial score (nSPS) is 21.1. The van der Waals surface area contributed by atoms with Crippen LogP contribution in [0.25, 0.3) is 0 Å². The molecule has 0 aromatic heterocycles. The van der Waals surface area contributed by atoms with Crippen LogP contribution in [0.1, 0.15) is 29.7 Å². The van der Waals surface area contributed by atoms with Gasteiger partial charge in [0.05, 0.1) is 0 Å². The molecular formula is C16H15Cl2NO. The summed E-state index contributed by atoms with van der Waals surface area (Å²) in [6.45, 7) is 0. The Kier molecular flexibility index (Phi) is 3.88. The molecule has 0 aliphatic carbocycles. The molecule has 0 saturated heterocycles. The van der Waals surface area contributed by atoms with Crippen molar-refractivity contribution >= 4 is 23.2 Å². The summed E-state index contributed by atoms with van der Waals surface area (Å²) in [5, 5.41) is 4.79. The second-order valence-corrected chi connectivity index (χ2v) is 5.73. The third-order valence-electron chi connectivity index (χ3n) is 3.67. The summed E-state index contributed by atoms with van der Waals surface area (Å²) in [7, 11) is 1.95. The van der Waals surface area contributed by atoms with Crippen molar-refractivity contribution < 1.29 is 4.74 Å². The van der Waals surface area contributed by atoms with Crippen LogP contribution in [-0.4, -0.2) is 7.05 Å². The van der Waals surface area contributed by atoms with E-state index in [1.54, 1.807) is 0 Å². The van der Waals surface area contributed by atoms with Gasteiger partial charge in [-0.2, -0.15) is 0 Å². The zero-order chi connectivity index (χ0) is 14.1. The van der Waals surface area contributed by atoms with Crippen LogP contribution in [0, 0.1) is 0 Å². The molecule has 0 amide bonds. The van der Waals surface area contributed by atoms with Crippen LogP contribution in [0.5, 0.6) is 5.75 Å². The standard InChI is InChI=1S/C16H15Cl2NO/c1-19-14-9-16(11-4-2-3-5-13(11)18)20-15-7-6-10(17)8-12(14)15/h2-8,14,16,19H,9H2,1H3. The molecule has 0 bridgehead atoms. The number of benzene rings is 2. The molecule has 1 heterocycles. The smallest absolute Gasteiger partial charge is 0.127 e. The van der Waals surface area contributed by atoms with Gasteiger partial charge in [0.2, 0.25) is 0 Å². The molecule has 4 heteroatoms. The number of hydrogen-bond acceptors (Lipinski definition) is 2. The lowest BCUT2D eigenvalue weighted by Crippen LogP contribution is -2.26. The molecule has 0 spiro atoms. The molecule has 2 aromatic rings. The quantitative estimate of drug-likeness (QED) is 0.862. The van der Waals surface area contributed by atoms with Crippen molar-refractivity contribution in [2.75, 3.05) is 7.05 Å². The second kappa shape index (κ2) is 5.65. The van der Waals surface area contributed by atoms with Gasteiger partial charge in [0.25, 0.3) is 0 Å². The average molecular weight is 308 g/mol. The molecule has 3 rings (SSSR count). The van der Waals surface area contributed by atoms with Gasteiger partial charge in [-0.3, -0.25) is 0 Å². The maximum Gasteiger partial charge on any atom is 0.127 e. The van der Waals surface area contributed by atoms with E-state index >= 15 is 0 Å². The van der Waals surface area contributed by atoms with Crippen molar-refractivity contribution in [1.82, 2.24) is 5.32 Å². The summed E-state index contributed by atoms with van der Waals surface area (Å²) in [4.78, 5) is 0. The fourth-order valence-electron chi connectivity index (χ4n) is 2.64. The number of ether oxygens (including phenoxy) is 1. The Hall–Kier alpha value is -1.22. The Morgan fingerprint density at radius 2 is 1.90 bits per heavy atom. The molecular weight excluding hydrogens is 293 g/mol. The Morgan fingerprint density at radius 1 is 1.10 bits per heavy atom. The SMILES string of the molecule is CNC1CC(c2ccccc2Cl)Oc2ccc(Cl)cc21. The lowest BCUT2D eigenvalue weighted by Gasteiger charge is -2.32. The maximum atomic E-state index is 6.28. The maximum absolute atomic E-state index is 6.28. The summed E-state index contributed by atoms with van der Waals surface area (Å²) < 4.78 is 6.10. The van der Waals surface area contributed by atoms with Gasteiger partial charge in [-0.1, -0.05) is 41.4 Å². The van der Waals surface area contributed by atoms with Gasteiger partial charge < -0.3 is 10.1 Å². The Labute approximate surface area is 128 Å². The van der Waals surface area contributed by atoms with E-state index in [9.17, 15) is 0 Å². The lowest BCUT2D eigenvalue weighted by molar-refractivity contribution is 0.154. The first-order valence-electron chi connectivity index (χ1n) is 6.57. The highest BCUT2D eigenvalue weighted by atomic mass is 35.5. The summed E-state index contributed by atoms with van der Waals surface area (Å²) in [6, 6.07) is 13.8. The van der Waals surface area contributed by atoms with E-state index in [1.165, 1.54) is 0 Å². The van der Waals surface area contributed by atoms with Crippen molar-refractivity contribution in [3.63, 3.8) is 0 Å². The van der Waals surface area contributed by atoms with Crippen LogP contribution >= 0.6 is 23.2 Å². The molecule has 1 aliphatic heterocycles. The highest BCUT2D eigenvalue weighted by molar-refractivity contribution is 6.31. The van der Waals surface area contributed by atoms with E-state index in [2.05, 4.69) is 5.32 Å². The minimum absolute atomic E-state index is 0.0465. The number of rotatable bonds is 2. The topological polar surface area (TPSA) is 21.3 Å². The average Bonchev–Trinajstić information content (AvgIpc) is 2.46. The molecule has 2 atom stereocenters. The minimum Gasteiger partial charge on any atom is -0.485 e. The highest BCUT2D eigenvalue weighted by Gasteiger charge is 2.29. The highest BCUT2D eigenvalue weighted by Crippen LogP contribution is 2.42. The molecule has 0 radical (unpaired) electrons. The lowest BCUT2D eigenvalue weighted by atomic mass is 9.93. The van der Waals surface area contributed by atoms with Gasteiger partial charge in [0, 0.05) is 33.6 Å². The first kappa shape index (κ1) is 13.7. The molecule has 0 fully saturated rings. The Morgan fingerprint density at radius 3 is 2.65 bits per heavy atom. The summed E-state index contributed by atoms with van der Waals surface area (Å²) >= 11 is 12.4. The first-order chi connectivity index (χ1) is 9.69. The Bertz CT molecular complexity index is 630. The first-order valence-corrected chi connectivity index (χ1v) is 7.32. The van der Waals surface area contributed by atoms with E-state index in [1.807, 2.05) is 49.5 Å². The van der Waals surface area contributed by atoms with Crippen molar-refractivity contribution in [1.29, 1.82) is 0 Å². The Balaban J connectivity index is 1.99. The predicted octanol–water partition coefficient (Wildman–Crippen LogP) is 4.78. The molecule has 1 aliphatic rings. The summed E-state index contributed by atoms with van der Waals surface area (Å²) in [5.41, 5.74) is 2.12. The van der Waals surface area contributed by atoms with E-state index < -0.39 is 0 Å². The van der Waals surface area contributed by atoms with Gasteiger partial charge in [0.1, 0.15) is 11.9 Å². The molecule has 2 aromatic carbocycles. The zero-order valence-corrected chi connectivity index (χ0v) is 12.6. The van der Waals surface area contributed by atoms with E-state index in [-0.39, 0.29) is 12.1 Å². The molecule has 104 valence electrons. The second-order valence-electron chi connectivity index (χ2n) is 4.89. The van der Waals surface area contributed by atoms with Crippen molar-refractivity contribution in [3.05, 3.63) is 63.6 Å². The third-order valence-corrected chi connectivity index (χ3v) is 4.25. The van der Waals surface area contributed by atoms with Crippen molar-refractivity contribution in [2.24, 2.45) is 0 Å². The van der Waals surface area contributed by atoms with E-state index in [4.69, 9.17) is 27.9 Å². The summed E-state index contributed by atoms with van der Waals surface area (Å²) in [6.07, 6.45) is 0.781. The monoisotopic (exact) mass is 307 g/mol. The van der Waals surface area contributed by atoms with Gasteiger partial charge in [-0.25, -0.2) is 0 Å².